The Labute approximate surface area is 88.5 Å². The van der Waals surface area contributed by atoms with Gasteiger partial charge in [0, 0.05) is 10.9 Å². The quantitative estimate of drug-likeness (QED) is 0.836. The number of aliphatic hydroxyl groups is 1. The van der Waals surface area contributed by atoms with E-state index < -0.39 is 6.10 Å². The van der Waals surface area contributed by atoms with Gasteiger partial charge in [0.2, 0.25) is 0 Å². The Morgan fingerprint density at radius 2 is 2.07 bits per heavy atom. The Balaban J connectivity index is 2.89. The largest absolute Gasteiger partial charge is 0.381 e. The van der Waals surface area contributed by atoms with E-state index >= 15 is 0 Å². The van der Waals surface area contributed by atoms with E-state index in [4.69, 9.17) is 11.6 Å². The lowest BCUT2D eigenvalue weighted by atomic mass is 9.98. The zero-order chi connectivity index (χ0) is 10.7. The number of benzene rings is 1. The van der Waals surface area contributed by atoms with Crippen LogP contribution in [-0.2, 0) is 4.79 Å². The van der Waals surface area contributed by atoms with Gasteiger partial charge in [0.25, 0.3) is 0 Å². The first-order valence-corrected chi connectivity index (χ1v) is 4.87. The molecule has 76 valence electrons. The van der Waals surface area contributed by atoms with Crippen molar-refractivity contribution in [3.8, 4) is 0 Å². The predicted molar refractivity (Wildman–Crippen MR) is 56.3 cm³/mol. The van der Waals surface area contributed by atoms with Crippen LogP contribution in [0.5, 0.6) is 0 Å². The van der Waals surface area contributed by atoms with E-state index in [0.717, 1.165) is 0 Å². The summed E-state index contributed by atoms with van der Waals surface area (Å²) in [7, 11) is 0. The van der Waals surface area contributed by atoms with E-state index in [1.54, 1.807) is 38.1 Å². The van der Waals surface area contributed by atoms with Gasteiger partial charge in [-0.05, 0) is 17.7 Å². The van der Waals surface area contributed by atoms with Crippen molar-refractivity contribution < 1.29 is 9.90 Å². The summed E-state index contributed by atoms with van der Waals surface area (Å²) in [5.41, 5.74) is 0.552. The Morgan fingerprint density at radius 3 is 2.57 bits per heavy atom. The molecule has 0 bridgehead atoms. The lowest BCUT2D eigenvalue weighted by Gasteiger charge is -2.12. The number of aliphatic hydroxyl groups excluding tert-OH is 1. The average Bonchev–Trinajstić information content (AvgIpc) is 2.15. The van der Waals surface area contributed by atoms with Crippen LogP contribution < -0.4 is 0 Å². The smallest absolute Gasteiger partial charge is 0.168 e. The second-order valence-corrected chi connectivity index (χ2v) is 3.95. The van der Waals surface area contributed by atoms with Crippen LogP contribution in [0.4, 0.5) is 0 Å². The summed E-state index contributed by atoms with van der Waals surface area (Å²) in [6, 6.07) is 6.72. The molecule has 0 amide bonds. The van der Waals surface area contributed by atoms with E-state index in [9.17, 15) is 9.90 Å². The lowest BCUT2D eigenvalue weighted by molar-refractivity contribution is -0.130. The van der Waals surface area contributed by atoms with E-state index in [0.29, 0.717) is 10.6 Å². The van der Waals surface area contributed by atoms with Gasteiger partial charge in [0.1, 0.15) is 6.10 Å². The second kappa shape index (κ2) is 4.58. The molecule has 1 rings (SSSR count). The van der Waals surface area contributed by atoms with Gasteiger partial charge in [-0.1, -0.05) is 37.6 Å². The first-order chi connectivity index (χ1) is 6.52. The molecule has 0 saturated heterocycles. The van der Waals surface area contributed by atoms with E-state index in [2.05, 4.69) is 0 Å². The van der Waals surface area contributed by atoms with Crippen LogP contribution in [0.2, 0.25) is 5.02 Å². The molecular formula is C11H13ClO2. The zero-order valence-corrected chi connectivity index (χ0v) is 8.95. The number of carbonyl (C=O) groups is 1. The summed E-state index contributed by atoms with van der Waals surface area (Å²) in [4.78, 5) is 11.5. The van der Waals surface area contributed by atoms with Crippen molar-refractivity contribution in [1.29, 1.82) is 0 Å². The Morgan fingerprint density at radius 1 is 1.43 bits per heavy atom. The highest BCUT2D eigenvalue weighted by molar-refractivity contribution is 6.30. The van der Waals surface area contributed by atoms with Crippen molar-refractivity contribution >= 4 is 17.4 Å². The van der Waals surface area contributed by atoms with Crippen LogP contribution >= 0.6 is 11.6 Å². The Bertz CT molecular complexity index is 334. The summed E-state index contributed by atoms with van der Waals surface area (Å²) < 4.78 is 0. The minimum absolute atomic E-state index is 0.177. The van der Waals surface area contributed by atoms with Crippen LogP contribution in [0, 0.1) is 5.92 Å². The second-order valence-electron chi connectivity index (χ2n) is 3.51. The van der Waals surface area contributed by atoms with Gasteiger partial charge in [-0.25, -0.2) is 0 Å². The summed E-state index contributed by atoms with van der Waals surface area (Å²) in [6.07, 6.45) is -1.06. The third-order valence-electron chi connectivity index (χ3n) is 2.00. The first kappa shape index (κ1) is 11.2. The first-order valence-electron chi connectivity index (χ1n) is 4.49. The van der Waals surface area contributed by atoms with Crippen LogP contribution in [-0.4, -0.2) is 10.9 Å². The van der Waals surface area contributed by atoms with Gasteiger partial charge in [0.05, 0.1) is 0 Å². The minimum atomic E-state index is -1.06. The molecule has 14 heavy (non-hydrogen) atoms. The monoisotopic (exact) mass is 212 g/mol. The van der Waals surface area contributed by atoms with Gasteiger partial charge >= 0.3 is 0 Å². The highest BCUT2D eigenvalue weighted by atomic mass is 35.5. The fourth-order valence-corrected chi connectivity index (χ4v) is 1.36. The maximum atomic E-state index is 11.5. The van der Waals surface area contributed by atoms with E-state index in [-0.39, 0.29) is 11.7 Å². The van der Waals surface area contributed by atoms with Crippen molar-refractivity contribution in [3.05, 3.63) is 34.9 Å². The highest BCUT2D eigenvalue weighted by Gasteiger charge is 2.19. The van der Waals surface area contributed by atoms with Gasteiger partial charge in [-0.15, -0.1) is 0 Å². The molecule has 2 nitrogen and oxygen atoms in total. The average molecular weight is 213 g/mol. The van der Waals surface area contributed by atoms with Crippen molar-refractivity contribution in [2.75, 3.05) is 0 Å². The minimum Gasteiger partial charge on any atom is -0.381 e. The molecule has 1 aromatic carbocycles. The molecule has 0 aliphatic carbocycles. The number of ketones is 1. The third kappa shape index (κ3) is 2.56. The molecule has 1 N–H and O–H groups in total. The molecule has 0 aliphatic heterocycles. The molecule has 0 unspecified atom stereocenters. The number of hydrogen-bond acceptors (Lipinski definition) is 2. The summed E-state index contributed by atoms with van der Waals surface area (Å²) in [5, 5.41) is 10.2. The van der Waals surface area contributed by atoms with Crippen molar-refractivity contribution in [3.63, 3.8) is 0 Å². The van der Waals surface area contributed by atoms with Crippen LogP contribution in [0.15, 0.2) is 24.3 Å². The number of Topliss-reactive ketones (excluding diaryl/α,β-unsaturated/α-hetero) is 1. The fourth-order valence-electron chi connectivity index (χ4n) is 1.16. The highest BCUT2D eigenvalue weighted by Crippen LogP contribution is 2.20. The van der Waals surface area contributed by atoms with Crippen LogP contribution in [0.1, 0.15) is 25.5 Å². The summed E-state index contributed by atoms with van der Waals surface area (Å²) in [5.74, 6) is -0.365. The van der Waals surface area contributed by atoms with Gasteiger partial charge in [-0.3, -0.25) is 4.79 Å². The molecule has 1 atom stereocenters. The molecule has 0 fully saturated rings. The molecular weight excluding hydrogens is 200 g/mol. The topological polar surface area (TPSA) is 37.3 Å². The standard InChI is InChI=1S/C11H13ClO2/c1-7(2)10(13)11(14)8-4-3-5-9(12)6-8/h3-7,11,14H,1-2H3/t11-/m0/s1. The molecule has 0 radical (unpaired) electrons. The van der Waals surface area contributed by atoms with E-state index in [1.807, 2.05) is 0 Å². The van der Waals surface area contributed by atoms with Crippen molar-refractivity contribution in [1.82, 2.24) is 0 Å². The third-order valence-corrected chi connectivity index (χ3v) is 2.24. The maximum absolute atomic E-state index is 11.5. The van der Waals surface area contributed by atoms with Crippen LogP contribution in [0.3, 0.4) is 0 Å². The lowest BCUT2D eigenvalue weighted by Crippen LogP contribution is -2.17. The number of rotatable bonds is 3. The van der Waals surface area contributed by atoms with Gasteiger partial charge < -0.3 is 5.11 Å². The fraction of sp³-hybridized carbons (Fsp3) is 0.364. The van der Waals surface area contributed by atoms with E-state index in [1.165, 1.54) is 0 Å². The maximum Gasteiger partial charge on any atom is 0.168 e. The molecule has 0 aliphatic rings. The molecule has 3 heteroatoms. The summed E-state index contributed by atoms with van der Waals surface area (Å²) in [6.45, 7) is 3.52. The molecule has 0 spiro atoms. The predicted octanol–water partition coefficient (Wildman–Crippen LogP) is 2.60. The SMILES string of the molecule is CC(C)C(=O)[C@@H](O)c1cccc(Cl)c1. The van der Waals surface area contributed by atoms with Crippen molar-refractivity contribution in [2.45, 2.75) is 20.0 Å². The molecule has 0 aromatic heterocycles. The van der Waals surface area contributed by atoms with Gasteiger partial charge in [0.15, 0.2) is 5.78 Å². The zero-order valence-electron chi connectivity index (χ0n) is 8.20. The Kier molecular flexibility index (Phi) is 3.67. The number of carbonyl (C=O) groups excluding carboxylic acids is 1. The molecule has 0 heterocycles. The van der Waals surface area contributed by atoms with Crippen molar-refractivity contribution in [2.24, 2.45) is 5.92 Å². The Hall–Kier alpha value is -0.860. The number of halogens is 1. The summed E-state index contributed by atoms with van der Waals surface area (Å²) >= 11 is 5.75. The molecule has 0 saturated carbocycles. The molecule has 1 aromatic rings. The van der Waals surface area contributed by atoms with Gasteiger partial charge in [-0.2, -0.15) is 0 Å². The normalized spacial score (nSPS) is 12.9. The number of hydrogen-bond donors (Lipinski definition) is 1. The van der Waals surface area contributed by atoms with Crippen LogP contribution in [0.25, 0.3) is 0 Å².